The molecule has 0 aliphatic carbocycles. The highest BCUT2D eigenvalue weighted by Crippen LogP contribution is 2.15. The molecule has 4 nitrogen and oxygen atoms in total. The van der Waals surface area contributed by atoms with E-state index in [-0.39, 0.29) is 5.78 Å². The Morgan fingerprint density at radius 1 is 1.18 bits per heavy atom. The van der Waals surface area contributed by atoms with Crippen molar-refractivity contribution in [2.24, 2.45) is 0 Å². The van der Waals surface area contributed by atoms with E-state index in [1.165, 1.54) is 14.0 Å². The van der Waals surface area contributed by atoms with Gasteiger partial charge in [-0.05, 0) is 30.7 Å². The molecule has 1 aromatic rings. The summed E-state index contributed by atoms with van der Waals surface area (Å²) in [6.45, 7) is 1.25. The van der Waals surface area contributed by atoms with Gasteiger partial charge in [-0.3, -0.25) is 4.79 Å². The average Bonchev–Trinajstić information content (AvgIpc) is 2.28. The van der Waals surface area contributed by atoms with Crippen molar-refractivity contribution in [3.05, 3.63) is 47.7 Å². The van der Waals surface area contributed by atoms with Crippen molar-refractivity contribution in [1.82, 2.24) is 0 Å². The molecule has 0 radical (unpaired) electrons. The molecular weight excluding hydrogens is 220 g/mol. The lowest BCUT2D eigenvalue weighted by Gasteiger charge is -2.16. The molecule has 0 aliphatic heterocycles. The third-order valence-corrected chi connectivity index (χ3v) is 1.99. The molecule has 1 rings (SSSR count). The second-order valence-electron chi connectivity index (χ2n) is 3.39. The highest BCUT2D eigenvalue weighted by Gasteiger charge is 1.92. The van der Waals surface area contributed by atoms with E-state index >= 15 is 0 Å². The first-order valence-corrected chi connectivity index (χ1v) is 4.95. The highest BCUT2D eigenvalue weighted by molar-refractivity contribution is 5.88. The molecule has 0 saturated carbocycles. The Balaban J connectivity index is 2.91. The lowest BCUT2D eigenvalue weighted by molar-refractivity contribution is -0.297. The van der Waals surface area contributed by atoms with Gasteiger partial charge in [0.25, 0.3) is 0 Å². The van der Waals surface area contributed by atoms with Crippen molar-refractivity contribution in [1.29, 1.82) is 0 Å². The minimum absolute atomic E-state index is 0.371. The van der Waals surface area contributed by atoms with Crippen molar-refractivity contribution in [3.8, 4) is 5.75 Å². The van der Waals surface area contributed by atoms with E-state index < -0.39 is 11.5 Å². The van der Waals surface area contributed by atoms with Gasteiger partial charge in [0.1, 0.15) is 5.75 Å². The molecule has 17 heavy (non-hydrogen) atoms. The summed E-state index contributed by atoms with van der Waals surface area (Å²) in [5.41, 5.74) is 0.371. The van der Waals surface area contributed by atoms with Crippen LogP contribution in [0.3, 0.4) is 0 Å². The number of hydrogen-bond acceptors (Lipinski definition) is 4. The summed E-state index contributed by atoms with van der Waals surface area (Å²) in [7, 11) is 1.52. The summed E-state index contributed by atoms with van der Waals surface area (Å²) in [6.07, 6.45) is 1.77. The molecule has 0 saturated heterocycles. The summed E-state index contributed by atoms with van der Waals surface area (Å²) in [4.78, 5) is 10.6. The van der Waals surface area contributed by atoms with Gasteiger partial charge in [-0.2, -0.15) is 0 Å². The Morgan fingerprint density at radius 3 is 2.24 bits per heavy atom. The van der Waals surface area contributed by atoms with E-state index in [1.54, 1.807) is 24.3 Å². The lowest BCUT2D eigenvalue weighted by atomic mass is 10.1. The molecule has 0 bridgehead atoms. The molecule has 0 spiro atoms. The Labute approximate surface area is 99.5 Å². The van der Waals surface area contributed by atoms with Gasteiger partial charge in [0.05, 0.1) is 7.11 Å². The van der Waals surface area contributed by atoms with Crippen molar-refractivity contribution >= 4 is 11.5 Å². The Morgan fingerprint density at radius 2 is 1.76 bits per heavy atom. The predicted molar refractivity (Wildman–Crippen MR) is 59.7 cm³/mol. The second kappa shape index (κ2) is 5.75. The summed E-state index contributed by atoms with van der Waals surface area (Å²) in [5.74, 6) is -0.787. The summed E-state index contributed by atoms with van der Waals surface area (Å²) in [6, 6.07) is 6.36. The zero-order valence-corrected chi connectivity index (χ0v) is 9.60. The second-order valence-corrected chi connectivity index (χ2v) is 3.39. The number of allylic oxidation sites excluding steroid dienone is 2. The molecule has 1 aromatic carbocycles. The zero-order valence-electron chi connectivity index (χ0n) is 9.60. The number of ether oxygens (including phenoxy) is 1. The number of ketones is 1. The van der Waals surface area contributed by atoms with E-state index in [9.17, 15) is 15.0 Å². The maximum Gasteiger partial charge on any atom is 0.152 e. The van der Waals surface area contributed by atoms with E-state index in [4.69, 9.17) is 4.74 Å². The van der Waals surface area contributed by atoms with Crippen LogP contribution in [0.25, 0.3) is 5.76 Å². The van der Waals surface area contributed by atoms with Crippen molar-refractivity contribution in [2.45, 2.75) is 6.92 Å². The predicted octanol–water partition coefficient (Wildman–Crippen LogP) is 0.230. The molecule has 4 heteroatoms. The van der Waals surface area contributed by atoms with Crippen LogP contribution in [-0.2, 0) is 4.79 Å². The summed E-state index contributed by atoms with van der Waals surface area (Å²) < 4.78 is 4.94. The molecule has 0 heterocycles. The molecule has 90 valence electrons. The zero-order chi connectivity index (χ0) is 12.8. The van der Waals surface area contributed by atoms with Crippen LogP contribution in [0.1, 0.15) is 12.5 Å². The van der Waals surface area contributed by atoms with Crippen LogP contribution < -0.4 is 14.9 Å². The first-order chi connectivity index (χ1) is 8.02. The number of hydrogen-bond donors (Lipinski definition) is 0. The Kier molecular flexibility index (Phi) is 4.34. The quantitative estimate of drug-likeness (QED) is 0.423. The fraction of sp³-hybridized carbons (Fsp3) is 0.154. The van der Waals surface area contributed by atoms with E-state index in [0.717, 1.165) is 12.2 Å². The van der Waals surface area contributed by atoms with Crippen LogP contribution in [0.15, 0.2) is 42.2 Å². The number of rotatable bonds is 4. The van der Waals surface area contributed by atoms with Gasteiger partial charge in [-0.15, -0.1) is 11.5 Å². The molecule has 0 N–H and O–H groups in total. The SMILES string of the molecule is COc1ccc(/C([O-])=C/C([O-])=C/C(C)=O)cc1. The van der Waals surface area contributed by atoms with Gasteiger partial charge in [0.2, 0.25) is 0 Å². The maximum absolute atomic E-state index is 11.6. The Hall–Kier alpha value is -2.23. The van der Waals surface area contributed by atoms with Crippen LogP contribution >= 0.6 is 0 Å². The van der Waals surface area contributed by atoms with Crippen LogP contribution in [0.4, 0.5) is 0 Å². The molecular formula is C13H12O4-2. The molecule has 0 aromatic heterocycles. The van der Waals surface area contributed by atoms with Crippen molar-refractivity contribution < 1.29 is 19.7 Å². The first kappa shape index (κ1) is 12.8. The fourth-order valence-electron chi connectivity index (χ4n) is 1.21. The van der Waals surface area contributed by atoms with Crippen LogP contribution in [-0.4, -0.2) is 12.9 Å². The van der Waals surface area contributed by atoms with E-state index in [1.807, 2.05) is 0 Å². The smallest absolute Gasteiger partial charge is 0.152 e. The standard InChI is InChI=1S/C13H14O4/c1-9(14)7-11(15)8-13(16)10-3-5-12(17-2)6-4-10/h3-8,15-16H,1-2H3/p-2/b11-7-,13-8-. The van der Waals surface area contributed by atoms with Crippen LogP contribution in [0.2, 0.25) is 0 Å². The third-order valence-electron chi connectivity index (χ3n) is 1.99. The first-order valence-electron chi connectivity index (χ1n) is 4.95. The fourth-order valence-corrected chi connectivity index (χ4v) is 1.21. The lowest BCUT2D eigenvalue weighted by Crippen LogP contribution is -2.08. The minimum Gasteiger partial charge on any atom is -0.872 e. The van der Waals surface area contributed by atoms with Gasteiger partial charge in [0, 0.05) is 0 Å². The van der Waals surface area contributed by atoms with Gasteiger partial charge < -0.3 is 14.9 Å². The van der Waals surface area contributed by atoms with Crippen LogP contribution in [0.5, 0.6) is 5.75 Å². The topological polar surface area (TPSA) is 72.4 Å². The maximum atomic E-state index is 11.6. The van der Waals surface area contributed by atoms with Gasteiger partial charge in [0.15, 0.2) is 5.78 Å². The number of carbonyl (C=O) groups is 1. The largest absolute Gasteiger partial charge is 0.872 e. The number of carbonyl (C=O) groups excluding carboxylic acids is 1. The van der Waals surface area contributed by atoms with E-state index in [0.29, 0.717) is 11.3 Å². The third kappa shape index (κ3) is 4.03. The summed E-state index contributed by atoms with van der Waals surface area (Å²) >= 11 is 0. The van der Waals surface area contributed by atoms with Gasteiger partial charge >= 0.3 is 0 Å². The Bertz CT molecular complexity index is 455. The average molecular weight is 232 g/mol. The molecule has 0 amide bonds. The normalized spacial score (nSPS) is 12.4. The van der Waals surface area contributed by atoms with Crippen LogP contribution in [0, 0.1) is 0 Å². The molecule has 0 atom stereocenters. The minimum atomic E-state index is -0.599. The molecule has 0 unspecified atom stereocenters. The summed E-state index contributed by atoms with van der Waals surface area (Å²) in [5, 5.41) is 22.8. The van der Waals surface area contributed by atoms with Crippen molar-refractivity contribution in [3.63, 3.8) is 0 Å². The van der Waals surface area contributed by atoms with Crippen molar-refractivity contribution in [2.75, 3.05) is 7.11 Å². The monoisotopic (exact) mass is 232 g/mol. The van der Waals surface area contributed by atoms with Gasteiger partial charge in [-0.1, -0.05) is 18.2 Å². The highest BCUT2D eigenvalue weighted by atomic mass is 16.5. The molecule has 0 fully saturated rings. The van der Waals surface area contributed by atoms with Gasteiger partial charge in [-0.25, -0.2) is 0 Å². The number of benzene rings is 1. The molecule has 0 aliphatic rings. The van der Waals surface area contributed by atoms with E-state index in [2.05, 4.69) is 0 Å². The number of methoxy groups -OCH3 is 1.